The second kappa shape index (κ2) is 7.57. The van der Waals surface area contributed by atoms with Crippen molar-refractivity contribution >= 4 is 16.8 Å². The molecule has 0 aliphatic carbocycles. The molecule has 0 bridgehead atoms. The van der Waals surface area contributed by atoms with Crippen LogP contribution in [-0.2, 0) is 17.1 Å². The largest absolute Gasteiger partial charge is 2.00 e. The third-order valence-corrected chi connectivity index (χ3v) is 1.66. The van der Waals surface area contributed by atoms with E-state index in [9.17, 15) is 4.79 Å². The zero-order valence-corrected chi connectivity index (χ0v) is 9.20. The molecular formula is C11H9ClFeO. The van der Waals surface area contributed by atoms with Gasteiger partial charge in [-0.15, -0.1) is 0 Å². The summed E-state index contributed by atoms with van der Waals surface area (Å²) >= 11 is 5.11. The fraction of sp³-hybridized carbons (Fsp3) is 0. The Balaban J connectivity index is 0.000000246. The van der Waals surface area contributed by atoms with E-state index in [1.165, 1.54) is 0 Å². The summed E-state index contributed by atoms with van der Waals surface area (Å²) in [5.41, 5.74) is 0.562. The van der Waals surface area contributed by atoms with Crippen molar-refractivity contribution in [3.8, 4) is 0 Å². The predicted octanol–water partition coefficient (Wildman–Crippen LogP) is 3.19. The molecule has 0 aliphatic rings. The van der Waals surface area contributed by atoms with Crippen molar-refractivity contribution in [2.24, 2.45) is 0 Å². The van der Waals surface area contributed by atoms with Crippen LogP contribution in [0, 0.1) is 0 Å². The number of hydrogen-bond donors (Lipinski definition) is 0. The summed E-state index contributed by atoms with van der Waals surface area (Å²) in [7, 11) is 0. The molecule has 0 fully saturated rings. The zero-order chi connectivity index (χ0) is 9.52. The molecule has 0 saturated heterocycles. The minimum atomic E-state index is -0.394. The van der Waals surface area contributed by atoms with E-state index in [-0.39, 0.29) is 17.1 Å². The van der Waals surface area contributed by atoms with Gasteiger partial charge in [0.1, 0.15) is 0 Å². The Kier molecular flexibility index (Phi) is 7.13. The van der Waals surface area contributed by atoms with Crippen molar-refractivity contribution in [2.75, 3.05) is 0 Å². The molecule has 0 amide bonds. The van der Waals surface area contributed by atoms with Crippen LogP contribution in [-0.4, -0.2) is 5.24 Å². The number of rotatable bonds is 1. The topological polar surface area (TPSA) is 17.1 Å². The first-order valence-corrected chi connectivity index (χ1v) is 4.27. The Labute approximate surface area is 98.9 Å². The van der Waals surface area contributed by atoms with Crippen LogP contribution in [0.25, 0.3) is 0 Å². The van der Waals surface area contributed by atoms with Gasteiger partial charge >= 0.3 is 17.1 Å². The normalized spacial score (nSPS) is 8.07. The zero-order valence-electron chi connectivity index (χ0n) is 7.34. The number of hydrogen-bond acceptors (Lipinski definition) is 1. The van der Waals surface area contributed by atoms with E-state index in [0.29, 0.717) is 5.56 Å². The average molecular weight is 248 g/mol. The third-order valence-electron chi connectivity index (χ3n) is 1.45. The van der Waals surface area contributed by atoms with Crippen LogP contribution in [0.1, 0.15) is 10.4 Å². The van der Waals surface area contributed by atoms with E-state index < -0.39 is 5.24 Å². The van der Waals surface area contributed by atoms with Crippen LogP contribution in [0.2, 0.25) is 0 Å². The Morgan fingerprint density at radius 2 is 1.57 bits per heavy atom. The fourth-order valence-electron chi connectivity index (χ4n) is 0.826. The molecule has 0 unspecified atom stereocenters. The first kappa shape index (κ1) is 13.2. The summed E-state index contributed by atoms with van der Waals surface area (Å²) < 4.78 is 0. The van der Waals surface area contributed by atoms with Crippen LogP contribution in [0.3, 0.4) is 0 Å². The second-order valence-corrected chi connectivity index (χ2v) is 2.75. The number of halogens is 1. The van der Waals surface area contributed by atoms with Gasteiger partial charge in [0.2, 0.25) is 0 Å². The minimum Gasteiger partial charge on any atom is -0.291 e. The molecule has 3 heteroatoms. The predicted molar refractivity (Wildman–Crippen MR) is 54.3 cm³/mol. The van der Waals surface area contributed by atoms with Crippen LogP contribution in [0.5, 0.6) is 0 Å². The second-order valence-electron chi connectivity index (χ2n) is 2.41. The molecular weight excluding hydrogens is 239 g/mol. The molecule has 2 aromatic carbocycles. The molecule has 2 aromatic rings. The molecule has 1 nitrogen and oxygen atoms in total. The van der Waals surface area contributed by atoms with Crippen molar-refractivity contribution in [1.29, 1.82) is 0 Å². The van der Waals surface area contributed by atoms with Gasteiger partial charge in [-0.1, -0.05) is 17.2 Å². The summed E-state index contributed by atoms with van der Waals surface area (Å²) in [5, 5.41) is -0.394. The monoisotopic (exact) mass is 248 g/mol. The van der Waals surface area contributed by atoms with Gasteiger partial charge in [0, 0.05) is 0 Å². The van der Waals surface area contributed by atoms with Gasteiger partial charge in [0.15, 0.2) is 5.24 Å². The Morgan fingerprint density at radius 1 is 1.07 bits per heavy atom. The Hall–Kier alpha value is -0.821. The maximum absolute atomic E-state index is 10.3. The van der Waals surface area contributed by atoms with Gasteiger partial charge in [0.05, 0.1) is 0 Å². The van der Waals surface area contributed by atoms with Crippen molar-refractivity contribution in [2.45, 2.75) is 0 Å². The van der Waals surface area contributed by atoms with Gasteiger partial charge in [0.25, 0.3) is 0 Å². The molecule has 2 rings (SSSR count). The fourth-order valence-corrected chi connectivity index (χ4v) is 0.952. The molecule has 0 saturated carbocycles. The minimum absolute atomic E-state index is 0. The summed E-state index contributed by atoms with van der Waals surface area (Å²) in [6, 6.07) is 16.9. The smallest absolute Gasteiger partial charge is 0.291 e. The molecule has 0 spiro atoms. The van der Waals surface area contributed by atoms with Crippen molar-refractivity contribution in [3.05, 3.63) is 60.2 Å². The number of carbonyl (C=O) groups is 1. The first-order chi connectivity index (χ1) is 6.30. The van der Waals surface area contributed by atoms with Gasteiger partial charge in [-0.05, 0) is 0 Å². The van der Waals surface area contributed by atoms with Gasteiger partial charge < -0.3 is 0 Å². The molecule has 0 atom stereocenters. The summed E-state index contributed by atoms with van der Waals surface area (Å²) in [4.78, 5) is 10.3. The third kappa shape index (κ3) is 5.03. The van der Waals surface area contributed by atoms with E-state index in [0.717, 1.165) is 0 Å². The standard InChI is InChI=1S/C6H4ClO.C5H5.Fe/c7-6(8)5-3-1-2-4-5;1-2-4-5-3-1;/h1-4H;1-5H;/q2*-1;+2. The SMILES string of the molecule is O=C(Cl)[c-]1cccc1.[Fe+2].c1cc[cH-]c1. The van der Waals surface area contributed by atoms with E-state index in [2.05, 4.69) is 0 Å². The van der Waals surface area contributed by atoms with Crippen LogP contribution >= 0.6 is 11.6 Å². The number of carbonyl (C=O) groups excluding carboxylic acids is 1. The molecule has 0 radical (unpaired) electrons. The molecule has 0 heterocycles. The van der Waals surface area contributed by atoms with Crippen LogP contribution in [0.4, 0.5) is 0 Å². The summed E-state index contributed by atoms with van der Waals surface area (Å²) in [6.07, 6.45) is 0. The molecule has 0 aliphatic heterocycles. The van der Waals surface area contributed by atoms with Crippen molar-refractivity contribution in [3.63, 3.8) is 0 Å². The molecule has 74 valence electrons. The van der Waals surface area contributed by atoms with Crippen molar-refractivity contribution in [1.82, 2.24) is 0 Å². The van der Waals surface area contributed by atoms with E-state index in [4.69, 9.17) is 11.6 Å². The molecule has 14 heavy (non-hydrogen) atoms. The van der Waals surface area contributed by atoms with E-state index >= 15 is 0 Å². The van der Waals surface area contributed by atoms with Crippen LogP contribution in [0.15, 0.2) is 54.6 Å². The first-order valence-electron chi connectivity index (χ1n) is 3.89. The summed E-state index contributed by atoms with van der Waals surface area (Å²) in [5.74, 6) is 0. The molecule has 0 N–H and O–H groups in total. The quantitative estimate of drug-likeness (QED) is 0.430. The summed E-state index contributed by atoms with van der Waals surface area (Å²) in [6.45, 7) is 0. The Morgan fingerprint density at radius 3 is 1.79 bits per heavy atom. The van der Waals surface area contributed by atoms with E-state index in [1.54, 1.807) is 24.3 Å². The van der Waals surface area contributed by atoms with E-state index in [1.807, 2.05) is 30.3 Å². The van der Waals surface area contributed by atoms with Gasteiger partial charge in [-0.2, -0.15) is 30.3 Å². The van der Waals surface area contributed by atoms with Gasteiger partial charge in [-0.3, -0.25) is 4.79 Å². The molecule has 0 aromatic heterocycles. The Bertz CT molecular complexity index is 307. The maximum Gasteiger partial charge on any atom is 2.00 e. The van der Waals surface area contributed by atoms with Crippen LogP contribution < -0.4 is 0 Å². The average Bonchev–Trinajstić information content (AvgIpc) is 2.82. The maximum atomic E-state index is 10.3. The van der Waals surface area contributed by atoms with Crippen molar-refractivity contribution < 1.29 is 21.9 Å². The van der Waals surface area contributed by atoms with Gasteiger partial charge in [-0.25, -0.2) is 24.3 Å².